The summed E-state index contributed by atoms with van der Waals surface area (Å²) >= 11 is 0. The van der Waals surface area contributed by atoms with E-state index < -0.39 is 5.41 Å². The fourth-order valence-electron chi connectivity index (χ4n) is 4.67. The maximum absolute atomic E-state index is 13.4. The van der Waals surface area contributed by atoms with Gasteiger partial charge in [-0.1, -0.05) is 42.5 Å². The molecule has 2 aromatic carbocycles. The number of piperidine rings is 1. The minimum atomic E-state index is -0.400. The molecule has 0 aliphatic carbocycles. The molecule has 30 heavy (non-hydrogen) atoms. The number of hydrogen-bond acceptors (Lipinski definition) is 4. The lowest BCUT2D eigenvalue weighted by Crippen LogP contribution is -2.51. The van der Waals surface area contributed by atoms with Crippen molar-refractivity contribution in [2.45, 2.75) is 38.1 Å². The van der Waals surface area contributed by atoms with Crippen molar-refractivity contribution in [2.75, 3.05) is 33.4 Å². The number of rotatable bonds is 6. The van der Waals surface area contributed by atoms with Crippen molar-refractivity contribution in [1.29, 1.82) is 0 Å². The van der Waals surface area contributed by atoms with Crippen LogP contribution in [0.25, 0.3) is 11.1 Å². The van der Waals surface area contributed by atoms with Crippen LogP contribution in [0.15, 0.2) is 48.5 Å². The molecule has 1 amide bonds. The number of para-hydroxylation sites is 1. The Bertz CT molecular complexity index is 855. The van der Waals surface area contributed by atoms with Crippen molar-refractivity contribution < 1.29 is 14.3 Å². The minimum absolute atomic E-state index is 0.195. The zero-order valence-electron chi connectivity index (χ0n) is 17.8. The van der Waals surface area contributed by atoms with Gasteiger partial charge in [-0.3, -0.25) is 4.79 Å². The number of benzene rings is 2. The van der Waals surface area contributed by atoms with Crippen molar-refractivity contribution >= 4 is 5.91 Å². The third-order valence-electron chi connectivity index (χ3n) is 6.49. The smallest absolute Gasteiger partial charge is 0.226 e. The monoisotopic (exact) mass is 408 g/mol. The Labute approximate surface area is 179 Å². The fourth-order valence-corrected chi connectivity index (χ4v) is 4.67. The van der Waals surface area contributed by atoms with Crippen molar-refractivity contribution in [3.8, 4) is 16.9 Å². The fraction of sp³-hybridized carbons (Fsp3) is 0.480. The van der Waals surface area contributed by atoms with Gasteiger partial charge in [-0.2, -0.15) is 0 Å². The Morgan fingerprint density at radius 3 is 2.67 bits per heavy atom. The summed E-state index contributed by atoms with van der Waals surface area (Å²) in [6.45, 7) is 3.24. The van der Waals surface area contributed by atoms with Crippen molar-refractivity contribution in [3.05, 3.63) is 54.1 Å². The predicted octanol–water partition coefficient (Wildman–Crippen LogP) is 3.57. The molecule has 0 aromatic heterocycles. The Kier molecular flexibility index (Phi) is 6.70. The van der Waals surface area contributed by atoms with Gasteiger partial charge in [-0.05, 0) is 62.4 Å². The molecule has 5 nitrogen and oxygen atoms in total. The van der Waals surface area contributed by atoms with Gasteiger partial charge in [0.2, 0.25) is 5.91 Å². The summed E-state index contributed by atoms with van der Waals surface area (Å²) in [4.78, 5) is 13.4. The number of hydrogen-bond donors (Lipinski definition) is 2. The van der Waals surface area contributed by atoms with Gasteiger partial charge in [0.1, 0.15) is 5.75 Å². The van der Waals surface area contributed by atoms with Crippen molar-refractivity contribution in [3.63, 3.8) is 0 Å². The Hall–Kier alpha value is -2.37. The van der Waals surface area contributed by atoms with Crippen molar-refractivity contribution in [2.24, 2.45) is 5.41 Å². The van der Waals surface area contributed by atoms with Gasteiger partial charge in [-0.25, -0.2) is 0 Å². The molecule has 0 atom stereocenters. The number of carbonyl (C=O) groups excluding carboxylic acids is 1. The van der Waals surface area contributed by atoms with E-state index in [9.17, 15) is 4.79 Å². The first-order valence-corrected chi connectivity index (χ1v) is 11.0. The molecule has 4 rings (SSSR count). The molecular formula is C25H32N2O3. The third-order valence-corrected chi connectivity index (χ3v) is 6.49. The van der Waals surface area contributed by atoms with Crippen LogP contribution in [0.4, 0.5) is 0 Å². The van der Waals surface area contributed by atoms with E-state index >= 15 is 0 Å². The van der Waals surface area contributed by atoms with Gasteiger partial charge in [0.25, 0.3) is 0 Å². The highest BCUT2D eigenvalue weighted by Gasteiger charge is 2.41. The van der Waals surface area contributed by atoms with E-state index in [0.29, 0.717) is 13.2 Å². The standard InChI is InChI=1S/C25H32N2O3/c1-29-23-8-3-2-7-22(23)20-6-4-5-19(17-20)18-25(11-15-30-16-12-25)24(28)27-21-9-13-26-14-10-21/h2-8,17,21,26H,9-16,18H2,1H3,(H,27,28). The van der Waals surface area contributed by atoms with Crippen LogP contribution in [0.2, 0.25) is 0 Å². The topological polar surface area (TPSA) is 59.6 Å². The second-order valence-electron chi connectivity index (χ2n) is 8.47. The summed E-state index contributed by atoms with van der Waals surface area (Å²) < 4.78 is 11.2. The number of methoxy groups -OCH3 is 1. The first-order chi connectivity index (χ1) is 14.7. The zero-order chi connectivity index (χ0) is 20.8. The van der Waals surface area contributed by atoms with Crippen molar-refractivity contribution in [1.82, 2.24) is 10.6 Å². The molecule has 2 aliphatic heterocycles. The molecule has 2 heterocycles. The number of amides is 1. The average Bonchev–Trinajstić information content (AvgIpc) is 2.80. The van der Waals surface area contributed by atoms with Crippen LogP contribution in [0.1, 0.15) is 31.2 Å². The van der Waals surface area contributed by atoms with E-state index in [-0.39, 0.29) is 11.9 Å². The maximum Gasteiger partial charge on any atom is 0.226 e. The number of carbonyl (C=O) groups is 1. The highest BCUT2D eigenvalue weighted by molar-refractivity contribution is 5.83. The van der Waals surface area contributed by atoms with Crippen LogP contribution in [0, 0.1) is 5.41 Å². The highest BCUT2D eigenvalue weighted by Crippen LogP contribution is 2.37. The summed E-state index contributed by atoms with van der Waals surface area (Å²) in [7, 11) is 1.70. The Morgan fingerprint density at radius 1 is 1.13 bits per heavy atom. The largest absolute Gasteiger partial charge is 0.496 e. The molecule has 160 valence electrons. The summed E-state index contributed by atoms with van der Waals surface area (Å²) in [5.74, 6) is 1.06. The molecular weight excluding hydrogens is 376 g/mol. The molecule has 0 saturated carbocycles. The Balaban J connectivity index is 1.57. The first-order valence-electron chi connectivity index (χ1n) is 11.0. The van der Waals surface area contributed by atoms with Gasteiger partial charge in [0.05, 0.1) is 12.5 Å². The van der Waals surface area contributed by atoms with Gasteiger partial charge < -0.3 is 20.1 Å². The minimum Gasteiger partial charge on any atom is -0.496 e. The molecule has 2 N–H and O–H groups in total. The Morgan fingerprint density at radius 2 is 1.90 bits per heavy atom. The second kappa shape index (κ2) is 9.63. The lowest BCUT2D eigenvalue weighted by atomic mass is 9.74. The van der Waals surface area contributed by atoms with Crippen LogP contribution in [-0.4, -0.2) is 45.4 Å². The molecule has 2 aromatic rings. The van der Waals surface area contributed by atoms with E-state index in [1.807, 2.05) is 18.2 Å². The summed E-state index contributed by atoms with van der Waals surface area (Å²) in [5.41, 5.74) is 2.97. The quantitative estimate of drug-likeness (QED) is 0.767. The van der Waals surface area contributed by atoms with Crippen LogP contribution in [0.5, 0.6) is 5.75 Å². The second-order valence-corrected chi connectivity index (χ2v) is 8.47. The molecule has 2 saturated heterocycles. The highest BCUT2D eigenvalue weighted by atomic mass is 16.5. The normalized spacial score (nSPS) is 19.2. The molecule has 5 heteroatoms. The first kappa shape index (κ1) is 20.9. The number of ether oxygens (including phenoxy) is 2. The van der Waals surface area contributed by atoms with Crippen LogP contribution in [0.3, 0.4) is 0 Å². The lowest BCUT2D eigenvalue weighted by Gasteiger charge is -2.38. The van der Waals surface area contributed by atoms with Crippen LogP contribution < -0.4 is 15.4 Å². The van der Waals surface area contributed by atoms with Gasteiger partial charge in [0, 0.05) is 24.8 Å². The molecule has 0 radical (unpaired) electrons. The lowest BCUT2D eigenvalue weighted by molar-refractivity contribution is -0.137. The van der Waals surface area contributed by atoms with E-state index in [1.165, 1.54) is 5.56 Å². The summed E-state index contributed by atoms with van der Waals surface area (Å²) in [6, 6.07) is 16.9. The number of nitrogens with one attached hydrogen (secondary N) is 2. The molecule has 2 aliphatic rings. The van der Waals surface area contributed by atoms with Gasteiger partial charge in [-0.15, -0.1) is 0 Å². The summed E-state index contributed by atoms with van der Waals surface area (Å²) in [6.07, 6.45) is 4.27. The van der Waals surface area contributed by atoms with E-state index in [4.69, 9.17) is 9.47 Å². The van der Waals surface area contributed by atoms with E-state index in [1.54, 1.807) is 7.11 Å². The molecule has 0 unspecified atom stereocenters. The van der Waals surface area contributed by atoms with Gasteiger partial charge >= 0.3 is 0 Å². The SMILES string of the molecule is COc1ccccc1-c1cccc(CC2(C(=O)NC3CCNCC3)CCOCC2)c1. The van der Waals surface area contributed by atoms with Crippen LogP contribution >= 0.6 is 0 Å². The third kappa shape index (κ3) is 4.68. The van der Waals surface area contributed by atoms with E-state index in [2.05, 4.69) is 41.0 Å². The predicted molar refractivity (Wildman–Crippen MR) is 119 cm³/mol. The van der Waals surface area contributed by atoms with E-state index in [0.717, 1.165) is 62.1 Å². The molecule has 2 fully saturated rings. The maximum atomic E-state index is 13.4. The summed E-state index contributed by atoms with van der Waals surface area (Å²) in [5, 5.41) is 6.73. The molecule has 0 bridgehead atoms. The molecule has 0 spiro atoms. The zero-order valence-corrected chi connectivity index (χ0v) is 17.8. The van der Waals surface area contributed by atoms with Gasteiger partial charge in [0.15, 0.2) is 0 Å². The average molecular weight is 409 g/mol. The van der Waals surface area contributed by atoms with Crippen LogP contribution in [-0.2, 0) is 16.0 Å².